The average Bonchev–Trinajstić information content (AvgIpc) is 2.49. The van der Waals surface area contributed by atoms with Gasteiger partial charge in [0.15, 0.2) is 11.5 Å². The molecule has 0 spiro atoms. The van der Waals surface area contributed by atoms with Crippen LogP contribution in [0, 0.1) is 5.92 Å². The number of nitrogens with zero attached hydrogens (tertiary/aromatic N) is 1. The summed E-state index contributed by atoms with van der Waals surface area (Å²) in [5.41, 5.74) is 5.97. The fraction of sp³-hybridized carbons (Fsp3) is 0.571. The molecule has 1 aliphatic heterocycles. The molecule has 1 aliphatic rings. The first-order valence-corrected chi connectivity index (χ1v) is 9.21. The maximum absolute atomic E-state index is 12.9. The normalized spacial score (nSPS) is 23.3. The minimum absolute atomic E-state index is 0.0419. The van der Waals surface area contributed by atoms with Gasteiger partial charge in [-0.1, -0.05) is 6.92 Å². The van der Waals surface area contributed by atoms with E-state index in [1.165, 1.54) is 24.6 Å². The Kier molecular flexibility index (Phi) is 5.37. The van der Waals surface area contributed by atoms with Gasteiger partial charge in [0, 0.05) is 29.7 Å². The largest absolute Gasteiger partial charge is 0.493 e. The maximum atomic E-state index is 12.9. The van der Waals surface area contributed by atoms with Gasteiger partial charge in [-0.05, 0) is 34.3 Å². The lowest BCUT2D eigenvalue weighted by Crippen LogP contribution is -2.48. The fourth-order valence-corrected chi connectivity index (χ4v) is 5.07. The van der Waals surface area contributed by atoms with Gasteiger partial charge in [-0.2, -0.15) is 4.31 Å². The van der Waals surface area contributed by atoms with Crippen LogP contribution in [0.4, 0.5) is 0 Å². The van der Waals surface area contributed by atoms with Gasteiger partial charge in [-0.3, -0.25) is 0 Å². The van der Waals surface area contributed by atoms with Crippen molar-refractivity contribution in [1.29, 1.82) is 0 Å². The molecule has 1 fully saturated rings. The lowest BCUT2D eigenvalue weighted by molar-refractivity contribution is 0.250. The van der Waals surface area contributed by atoms with Gasteiger partial charge in [0.2, 0.25) is 10.0 Å². The summed E-state index contributed by atoms with van der Waals surface area (Å²) in [6.07, 6.45) is 0.658. The summed E-state index contributed by atoms with van der Waals surface area (Å²) in [7, 11) is -0.629. The second kappa shape index (κ2) is 6.74. The van der Waals surface area contributed by atoms with Crippen LogP contribution in [-0.2, 0) is 10.0 Å². The minimum Gasteiger partial charge on any atom is -0.493 e. The van der Waals surface area contributed by atoms with Gasteiger partial charge in [0.25, 0.3) is 0 Å². The monoisotopic (exact) mass is 392 g/mol. The van der Waals surface area contributed by atoms with Crippen LogP contribution in [0.5, 0.6) is 11.5 Å². The molecule has 2 unspecified atom stereocenters. The zero-order chi connectivity index (χ0) is 16.5. The maximum Gasteiger partial charge on any atom is 0.244 e. The average molecular weight is 393 g/mol. The highest BCUT2D eigenvalue weighted by molar-refractivity contribution is 9.10. The summed E-state index contributed by atoms with van der Waals surface area (Å²) in [6.45, 7) is 2.81. The lowest BCUT2D eigenvalue weighted by atomic mass is 9.96. The molecule has 1 aromatic carbocycles. The Hall–Kier alpha value is -0.830. The standard InChI is InChI=1S/C14H21BrN2O4S/c1-9-8-17(5-4-11(9)16)22(18,19)14-7-13(21-3)12(20-2)6-10(14)15/h6-7,9,11H,4-5,8,16H2,1-3H3. The van der Waals surface area contributed by atoms with E-state index in [-0.39, 0.29) is 16.9 Å². The van der Waals surface area contributed by atoms with E-state index in [2.05, 4.69) is 15.9 Å². The first-order chi connectivity index (χ1) is 10.3. The van der Waals surface area contributed by atoms with E-state index in [9.17, 15) is 8.42 Å². The number of rotatable bonds is 4. The Morgan fingerprint density at radius 2 is 1.86 bits per heavy atom. The Morgan fingerprint density at radius 3 is 2.41 bits per heavy atom. The zero-order valence-corrected chi connectivity index (χ0v) is 15.3. The van der Waals surface area contributed by atoms with Gasteiger partial charge in [0.1, 0.15) is 4.90 Å². The van der Waals surface area contributed by atoms with Crippen molar-refractivity contribution in [1.82, 2.24) is 4.31 Å². The summed E-state index contributed by atoms with van der Waals surface area (Å²) >= 11 is 3.31. The first kappa shape index (κ1) is 17.5. The number of sulfonamides is 1. The van der Waals surface area contributed by atoms with E-state index in [0.717, 1.165) is 0 Å². The van der Waals surface area contributed by atoms with Gasteiger partial charge >= 0.3 is 0 Å². The van der Waals surface area contributed by atoms with Crippen molar-refractivity contribution in [2.75, 3.05) is 27.3 Å². The molecule has 8 heteroatoms. The van der Waals surface area contributed by atoms with Crippen LogP contribution in [0.25, 0.3) is 0 Å². The Balaban J connectivity index is 2.41. The number of nitrogens with two attached hydrogens (primary N) is 1. The smallest absolute Gasteiger partial charge is 0.244 e. The summed E-state index contributed by atoms with van der Waals surface area (Å²) in [5, 5.41) is 0. The summed E-state index contributed by atoms with van der Waals surface area (Å²) in [5.74, 6) is 0.982. The molecule has 1 aromatic rings. The Labute approximate surface area is 139 Å². The molecular weight excluding hydrogens is 372 g/mol. The molecule has 6 nitrogen and oxygen atoms in total. The Morgan fingerprint density at radius 1 is 1.27 bits per heavy atom. The molecule has 1 saturated heterocycles. The number of ether oxygens (including phenoxy) is 2. The topological polar surface area (TPSA) is 81.9 Å². The van der Waals surface area contributed by atoms with Gasteiger partial charge in [-0.25, -0.2) is 8.42 Å². The molecule has 22 heavy (non-hydrogen) atoms. The quantitative estimate of drug-likeness (QED) is 0.844. The van der Waals surface area contributed by atoms with Gasteiger partial charge in [-0.15, -0.1) is 0 Å². The predicted molar refractivity (Wildman–Crippen MR) is 87.8 cm³/mol. The van der Waals surface area contributed by atoms with Crippen molar-refractivity contribution >= 4 is 26.0 Å². The van der Waals surface area contributed by atoms with Crippen molar-refractivity contribution in [3.63, 3.8) is 0 Å². The van der Waals surface area contributed by atoms with Crippen LogP contribution in [0.3, 0.4) is 0 Å². The molecule has 2 N–H and O–H groups in total. The third-order valence-electron chi connectivity index (χ3n) is 3.99. The van der Waals surface area contributed by atoms with Crippen molar-refractivity contribution < 1.29 is 17.9 Å². The van der Waals surface area contributed by atoms with Crippen molar-refractivity contribution in [3.8, 4) is 11.5 Å². The number of hydrogen-bond acceptors (Lipinski definition) is 5. The van der Waals surface area contributed by atoms with E-state index in [1.54, 1.807) is 6.07 Å². The van der Waals surface area contributed by atoms with E-state index >= 15 is 0 Å². The molecule has 0 saturated carbocycles. The highest BCUT2D eigenvalue weighted by atomic mass is 79.9. The van der Waals surface area contributed by atoms with Crippen molar-refractivity contribution in [2.24, 2.45) is 11.7 Å². The second-order valence-corrected chi connectivity index (χ2v) is 8.19. The number of piperidine rings is 1. The van der Waals surface area contributed by atoms with Crippen LogP contribution in [0.2, 0.25) is 0 Å². The SMILES string of the molecule is COc1cc(Br)c(S(=O)(=O)N2CCC(N)C(C)C2)cc1OC. The molecule has 2 rings (SSSR count). The van der Waals surface area contributed by atoms with Gasteiger partial charge < -0.3 is 15.2 Å². The molecule has 0 amide bonds. The number of halogens is 1. The fourth-order valence-electron chi connectivity index (χ4n) is 2.52. The van der Waals surface area contributed by atoms with Gasteiger partial charge in [0.05, 0.1) is 14.2 Å². The predicted octanol–water partition coefficient (Wildman–Crippen LogP) is 1.82. The summed E-state index contributed by atoms with van der Waals surface area (Å²) in [4.78, 5) is 0.174. The molecule has 0 aliphatic carbocycles. The first-order valence-electron chi connectivity index (χ1n) is 6.98. The zero-order valence-electron chi connectivity index (χ0n) is 12.9. The molecule has 0 aromatic heterocycles. The van der Waals surface area contributed by atoms with Crippen LogP contribution < -0.4 is 15.2 Å². The molecular formula is C14H21BrN2O4S. The third-order valence-corrected chi connectivity index (χ3v) is 6.81. The molecule has 0 bridgehead atoms. The highest BCUT2D eigenvalue weighted by Gasteiger charge is 2.33. The van der Waals surface area contributed by atoms with Crippen LogP contribution in [0.1, 0.15) is 13.3 Å². The van der Waals surface area contributed by atoms with Crippen molar-refractivity contribution in [3.05, 3.63) is 16.6 Å². The van der Waals surface area contributed by atoms with E-state index in [0.29, 0.717) is 35.5 Å². The molecule has 124 valence electrons. The summed E-state index contributed by atoms with van der Waals surface area (Å²) in [6, 6.07) is 3.13. The summed E-state index contributed by atoms with van der Waals surface area (Å²) < 4.78 is 38.1. The number of methoxy groups -OCH3 is 2. The number of benzene rings is 1. The van der Waals surface area contributed by atoms with Crippen molar-refractivity contribution in [2.45, 2.75) is 24.3 Å². The second-order valence-electron chi connectivity index (χ2n) is 5.43. The lowest BCUT2D eigenvalue weighted by Gasteiger charge is -2.34. The third kappa shape index (κ3) is 3.24. The molecule has 2 atom stereocenters. The molecule has 0 radical (unpaired) electrons. The minimum atomic E-state index is -3.61. The van der Waals surface area contributed by atoms with E-state index < -0.39 is 10.0 Å². The van der Waals surface area contributed by atoms with Crippen LogP contribution in [0.15, 0.2) is 21.5 Å². The van der Waals surface area contributed by atoms with Crippen LogP contribution in [-0.4, -0.2) is 46.1 Å². The highest BCUT2D eigenvalue weighted by Crippen LogP contribution is 2.37. The Bertz CT molecular complexity index is 650. The molecule has 1 heterocycles. The van der Waals surface area contributed by atoms with Crippen LogP contribution >= 0.6 is 15.9 Å². The van der Waals surface area contributed by atoms with E-state index in [1.807, 2.05) is 6.92 Å². The van der Waals surface area contributed by atoms with E-state index in [4.69, 9.17) is 15.2 Å². The number of hydrogen-bond donors (Lipinski definition) is 1.